The van der Waals surface area contributed by atoms with Gasteiger partial charge in [0.25, 0.3) is 0 Å². The van der Waals surface area contributed by atoms with E-state index in [9.17, 15) is 9.59 Å². The van der Waals surface area contributed by atoms with Crippen LogP contribution in [0.25, 0.3) is 0 Å². The molecule has 0 aromatic heterocycles. The Kier molecular flexibility index (Phi) is 18.1. The first-order valence-electron chi connectivity index (χ1n) is 8.77. The number of hydrogen-bond donors (Lipinski definition) is 3. The quantitative estimate of drug-likeness (QED) is 0.133. The molecule has 9 heteroatoms. The molecule has 4 N–H and O–H groups in total. The van der Waals surface area contributed by atoms with E-state index >= 15 is 0 Å². The van der Waals surface area contributed by atoms with Crippen LogP contribution in [0.1, 0.15) is 32.6 Å². The van der Waals surface area contributed by atoms with E-state index in [-0.39, 0.29) is 18.2 Å². The molecular formula is C16H33N3O6. The van der Waals surface area contributed by atoms with Crippen molar-refractivity contribution >= 4 is 11.8 Å². The Morgan fingerprint density at radius 1 is 0.760 bits per heavy atom. The molecule has 25 heavy (non-hydrogen) atoms. The van der Waals surface area contributed by atoms with Crippen LogP contribution in [-0.2, 0) is 28.5 Å². The number of ether oxygens (including phenoxy) is 4. The fraction of sp³-hybridized carbons (Fsp3) is 0.875. The molecule has 0 aromatic carbocycles. The Balaban J connectivity index is 3.09. The van der Waals surface area contributed by atoms with Crippen molar-refractivity contribution in [2.75, 3.05) is 59.4 Å². The summed E-state index contributed by atoms with van der Waals surface area (Å²) in [6.07, 6.45) is 2.75. The lowest BCUT2D eigenvalue weighted by molar-refractivity contribution is -0.122. The second-order valence-corrected chi connectivity index (χ2v) is 5.22. The first-order valence-corrected chi connectivity index (χ1v) is 8.77. The lowest BCUT2D eigenvalue weighted by Gasteiger charge is -2.08. The molecule has 0 fully saturated rings. The van der Waals surface area contributed by atoms with E-state index in [1.807, 2.05) is 5.43 Å². The van der Waals surface area contributed by atoms with Crippen LogP contribution in [0.3, 0.4) is 0 Å². The molecule has 0 aromatic rings. The maximum absolute atomic E-state index is 11.3. The van der Waals surface area contributed by atoms with E-state index in [4.69, 9.17) is 24.8 Å². The topological polar surface area (TPSA) is 121 Å². The summed E-state index contributed by atoms with van der Waals surface area (Å²) in [5.74, 6) is 4.76. The average molecular weight is 363 g/mol. The molecule has 0 spiro atoms. The van der Waals surface area contributed by atoms with Crippen molar-refractivity contribution in [2.45, 2.75) is 32.6 Å². The van der Waals surface area contributed by atoms with E-state index in [0.717, 1.165) is 12.8 Å². The van der Waals surface area contributed by atoms with Gasteiger partial charge in [-0.15, -0.1) is 0 Å². The van der Waals surface area contributed by atoms with Crippen LogP contribution in [0.2, 0.25) is 0 Å². The molecule has 0 saturated heterocycles. The van der Waals surface area contributed by atoms with Crippen LogP contribution in [0, 0.1) is 0 Å². The van der Waals surface area contributed by atoms with E-state index in [1.54, 1.807) is 0 Å². The fourth-order valence-corrected chi connectivity index (χ4v) is 1.69. The lowest BCUT2D eigenvalue weighted by Crippen LogP contribution is -2.30. The monoisotopic (exact) mass is 363 g/mol. The van der Waals surface area contributed by atoms with Gasteiger partial charge in [-0.1, -0.05) is 13.3 Å². The molecular weight excluding hydrogens is 330 g/mol. The molecule has 9 nitrogen and oxygen atoms in total. The molecule has 0 heterocycles. The summed E-state index contributed by atoms with van der Waals surface area (Å²) in [5, 5.41) is 2.80. The van der Waals surface area contributed by atoms with Gasteiger partial charge in [-0.05, 0) is 6.42 Å². The molecule has 2 amide bonds. The van der Waals surface area contributed by atoms with Gasteiger partial charge in [-0.25, -0.2) is 5.84 Å². The van der Waals surface area contributed by atoms with Crippen molar-refractivity contribution in [3.8, 4) is 0 Å². The van der Waals surface area contributed by atoms with Crippen molar-refractivity contribution in [2.24, 2.45) is 5.84 Å². The normalized spacial score (nSPS) is 10.6. The third kappa shape index (κ3) is 18.9. The molecule has 0 saturated carbocycles. The molecule has 148 valence electrons. The SMILES string of the molecule is CCCCC(=O)NCCOCCOCCOCCOCCC(=O)NN. The van der Waals surface area contributed by atoms with Crippen LogP contribution in [0.5, 0.6) is 0 Å². The summed E-state index contributed by atoms with van der Waals surface area (Å²) in [5.41, 5.74) is 2.03. The maximum atomic E-state index is 11.3. The zero-order valence-electron chi connectivity index (χ0n) is 15.2. The van der Waals surface area contributed by atoms with Gasteiger partial charge < -0.3 is 24.3 Å². The number of amides is 2. The second kappa shape index (κ2) is 19.1. The van der Waals surface area contributed by atoms with Gasteiger partial charge in [-0.3, -0.25) is 15.0 Å². The Morgan fingerprint density at radius 3 is 1.80 bits per heavy atom. The molecule has 0 bridgehead atoms. The van der Waals surface area contributed by atoms with Gasteiger partial charge in [0, 0.05) is 13.0 Å². The van der Waals surface area contributed by atoms with Gasteiger partial charge >= 0.3 is 0 Å². The second-order valence-electron chi connectivity index (χ2n) is 5.22. The van der Waals surface area contributed by atoms with Gasteiger partial charge in [0.05, 0.1) is 59.3 Å². The van der Waals surface area contributed by atoms with Crippen LogP contribution in [0.4, 0.5) is 0 Å². The smallest absolute Gasteiger partial charge is 0.236 e. The highest BCUT2D eigenvalue weighted by Crippen LogP contribution is 1.92. The molecule has 0 aliphatic heterocycles. The summed E-state index contributed by atoms with van der Waals surface area (Å²) >= 11 is 0. The summed E-state index contributed by atoms with van der Waals surface area (Å²) < 4.78 is 21.2. The summed E-state index contributed by atoms with van der Waals surface area (Å²) in [7, 11) is 0. The lowest BCUT2D eigenvalue weighted by atomic mass is 10.2. The molecule has 0 rings (SSSR count). The predicted molar refractivity (Wildman–Crippen MR) is 92.8 cm³/mol. The van der Waals surface area contributed by atoms with Crippen molar-refractivity contribution in [1.82, 2.24) is 10.7 Å². The van der Waals surface area contributed by atoms with Crippen molar-refractivity contribution in [3.05, 3.63) is 0 Å². The largest absolute Gasteiger partial charge is 0.379 e. The minimum Gasteiger partial charge on any atom is -0.379 e. The van der Waals surface area contributed by atoms with Gasteiger partial charge in [0.15, 0.2) is 0 Å². The highest BCUT2D eigenvalue weighted by Gasteiger charge is 1.99. The number of hydrogen-bond acceptors (Lipinski definition) is 7. The highest BCUT2D eigenvalue weighted by molar-refractivity contribution is 5.75. The number of nitrogens with two attached hydrogens (primary N) is 1. The Morgan fingerprint density at radius 2 is 1.28 bits per heavy atom. The minimum atomic E-state index is -0.254. The van der Waals surface area contributed by atoms with E-state index in [2.05, 4.69) is 12.2 Å². The summed E-state index contributed by atoms with van der Waals surface area (Å²) in [6.45, 7) is 6.17. The first kappa shape index (κ1) is 23.7. The number of carbonyl (C=O) groups is 2. The number of rotatable bonds is 18. The number of hydrazine groups is 1. The van der Waals surface area contributed by atoms with Crippen LogP contribution >= 0.6 is 0 Å². The van der Waals surface area contributed by atoms with Crippen molar-refractivity contribution in [3.63, 3.8) is 0 Å². The number of nitrogens with one attached hydrogen (secondary N) is 2. The maximum Gasteiger partial charge on any atom is 0.236 e. The fourth-order valence-electron chi connectivity index (χ4n) is 1.69. The Bertz CT molecular complexity index is 331. The third-order valence-electron chi connectivity index (χ3n) is 3.08. The van der Waals surface area contributed by atoms with E-state index in [1.165, 1.54) is 0 Å². The van der Waals surface area contributed by atoms with Crippen LogP contribution in [-0.4, -0.2) is 71.2 Å². The van der Waals surface area contributed by atoms with Crippen LogP contribution in [0.15, 0.2) is 0 Å². The Hall–Kier alpha value is -1.26. The number of unbranched alkanes of at least 4 members (excludes halogenated alkanes) is 1. The molecule has 0 unspecified atom stereocenters. The zero-order valence-corrected chi connectivity index (χ0v) is 15.2. The highest BCUT2D eigenvalue weighted by atomic mass is 16.6. The average Bonchev–Trinajstić information content (AvgIpc) is 2.62. The first-order chi connectivity index (χ1) is 12.2. The zero-order chi connectivity index (χ0) is 18.6. The van der Waals surface area contributed by atoms with Crippen molar-refractivity contribution in [1.29, 1.82) is 0 Å². The summed E-state index contributed by atoms with van der Waals surface area (Å²) in [6, 6.07) is 0. The van der Waals surface area contributed by atoms with Gasteiger partial charge in [-0.2, -0.15) is 0 Å². The third-order valence-corrected chi connectivity index (χ3v) is 3.08. The standard InChI is InChI=1S/C16H33N3O6/c1-2-3-4-15(20)18-6-8-23-10-12-25-14-13-24-11-9-22-7-5-16(21)19-17/h2-14,17H2,1H3,(H,18,20)(H,19,21). The molecule has 0 atom stereocenters. The number of carbonyl (C=O) groups excluding carboxylic acids is 2. The minimum absolute atomic E-state index is 0.0745. The molecule has 0 radical (unpaired) electrons. The van der Waals surface area contributed by atoms with Crippen molar-refractivity contribution < 1.29 is 28.5 Å². The molecule has 0 aliphatic carbocycles. The predicted octanol–water partition coefficient (Wildman–Crippen LogP) is -0.261. The Labute approximate surface area is 149 Å². The van der Waals surface area contributed by atoms with Gasteiger partial charge in [0.1, 0.15) is 0 Å². The van der Waals surface area contributed by atoms with E-state index < -0.39 is 0 Å². The van der Waals surface area contributed by atoms with Gasteiger partial charge in [0.2, 0.25) is 11.8 Å². The molecule has 0 aliphatic rings. The van der Waals surface area contributed by atoms with E-state index in [0.29, 0.717) is 65.8 Å². The summed E-state index contributed by atoms with van der Waals surface area (Å²) in [4.78, 5) is 22.1. The van der Waals surface area contributed by atoms with Crippen LogP contribution < -0.4 is 16.6 Å².